The van der Waals surface area contributed by atoms with Crippen molar-refractivity contribution in [2.45, 2.75) is 0 Å². The Hall–Kier alpha value is -7.56. The van der Waals surface area contributed by atoms with Gasteiger partial charge in [0.15, 0.2) is 0 Å². The fourth-order valence-electron chi connectivity index (χ4n) is 9.71. The fourth-order valence-corrected chi connectivity index (χ4v) is 9.71. The summed E-state index contributed by atoms with van der Waals surface area (Å²) in [5.74, 6) is 0. The zero-order chi connectivity index (χ0) is 36.5. The Kier molecular flexibility index (Phi) is 5.86. The maximum absolute atomic E-state index is 3.95. The van der Waals surface area contributed by atoms with Crippen LogP contribution in [0.2, 0.25) is 0 Å². The third kappa shape index (κ3) is 4.13. The molecule has 4 aromatic heterocycles. The van der Waals surface area contributed by atoms with E-state index in [1.807, 2.05) is 0 Å². The van der Waals surface area contributed by atoms with E-state index in [0.717, 1.165) is 44.2 Å². The molecular weight excluding hydrogens is 681 g/mol. The quantitative estimate of drug-likeness (QED) is 0.121. The second-order valence-corrected chi connectivity index (χ2v) is 15.2. The SMILES string of the molecule is C1=c2[nH]c(c3c2ccc2ccccc23)=Cc2[nH]c(c3c2ccc2ccccc23)C=c2[nH]c(c3c2ccc2ccccc23)=Cc2[nH]c1c1c2ccc2ccccc21. The van der Waals surface area contributed by atoms with E-state index in [9.17, 15) is 0 Å². The van der Waals surface area contributed by atoms with Gasteiger partial charge < -0.3 is 19.9 Å². The summed E-state index contributed by atoms with van der Waals surface area (Å²) < 4.78 is 0. The highest BCUT2D eigenvalue weighted by Crippen LogP contribution is 2.34. The van der Waals surface area contributed by atoms with E-state index in [2.05, 4.69) is 190 Å². The number of H-pyrrole nitrogens is 4. The summed E-state index contributed by atoms with van der Waals surface area (Å²) in [7, 11) is 0. The van der Waals surface area contributed by atoms with Gasteiger partial charge in [-0.2, -0.15) is 0 Å². The van der Waals surface area contributed by atoms with E-state index in [-0.39, 0.29) is 0 Å². The third-order valence-corrected chi connectivity index (χ3v) is 12.2. The van der Waals surface area contributed by atoms with Crippen LogP contribution in [0.3, 0.4) is 0 Å². The molecule has 5 heterocycles. The Labute approximate surface area is 319 Å². The van der Waals surface area contributed by atoms with Crippen molar-refractivity contribution in [3.63, 3.8) is 0 Å². The van der Waals surface area contributed by atoms with Crippen LogP contribution in [-0.4, -0.2) is 19.9 Å². The molecule has 56 heavy (non-hydrogen) atoms. The van der Waals surface area contributed by atoms with Gasteiger partial charge in [-0.25, -0.2) is 0 Å². The van der Waals surface area contributed by atoms with Gasteiger partial charge in [0.25, 0.3) is 0 Å². The van der Waals surface area contributed by atoms with Gasteiger partial charge in [-0.1, -0.05) is 146 Å². The monoisotopic (exact) mass is 712 g/mol. The molecule has 260 valence electrons. The predicted molar refractivity (Wildman–Crippen MR) is 236 cm³/mol. The number of benzene rings is 8. The van der Waals surface area contributed by atoms with Crippen molar-refractivity contribution in [2.75, 3.05) is 0 Å². The van der Waals surface area contributed by atoms with Gasteiger partial charge in [-0.15, -0.1) is 0 Å². The van der Waals surface area contributed by atoms with Gasteiger partial charge in [-0.05, 0) is 67.4 Å². The van der Waals surface area contributed by atoms with Crippen molar-refractivity contribution < 1.29 is 0 Å². The minimum atomic E-state index is 1.07. The highest BCUT2D eigenvalue weighted by atomic mass is 14.8. The van der Waals surface area contributed by atoms with E-state index in [1.165, 1.54) is 86.2 Å². The Morgan fingerprint density at radius 3 is 0.929 bits per heavy atom. The molecule has 0 fully saturated rings. The summed E-state index contributed by atoms with van der Waals surface area (Å²) in [5.41, 5.74) is 4.28. The number of fused-ring (bicyclic) bond motifs is 28. The molecule has 0 saturated carbocycles. The molecule has 8 bridgehead atoms. The lowest BCUT2D eigenvalue weighted by Gasteiger charge is -2.02. The summed E-state index contributed by atoms with van der Waals surface area (Å²) in [6.07, 6.45) is 9.28. The fraction of sp³-hybridized carbons (Fsp3) is 0. The second kappa shape index (κ2) is 11.0. The van der Waals surface area contributed by atoms with E-state index in [4.69, 9.17) is 0 Å². The Bertz CT molecular complexity index is 3680. The smallest absolute Gasteiger partial charge is 0.0492 e. The number of nitrogens with one attached hydrogen (secondary N) is 4. The number of hydrogen-bond donors (Lipinski definition) is 4. The molecular formula is C52H32N4. The van der Waals surface area contributed by atoms with Crippen LogP contribution in [0.25, 0.3) is 110 Å². The highest BCUT2D eigenvalue weighted by Gasteiger charge is 2.17. The lowest BCUT2D eigenvalue weighted by Crippen LogP contribution is -2.11. The van der Waals surface area contributed by atoms with Gasteiger partial charge in [0.05, 0.1) is 0 Å². The van der Waals surface area contributed by atoms with Crippen molar-refractivity contribution in [3.05, 3.63) is 190 Å². The first-order valence-electron chi connectivity index (χ1n) is 19.3. The Morgan fingerprint density at radius 1 is 0.214 bits per heavy atom. The van der Waals surface area contributed by atoms with Gasteiger partial charge in [0.2, 0.25) is 0 Å². The average Bonchev–Trinajstić information content (AvgIpc) is 3.99. The third-order valence-electron chi connectivity index (χ3n) is 12.2. The first-order chi connectivity index (χ1) is 27.7. The van der Waals surface area contributed by atoms with Crippen LogP contribution in [0.1, 0.15) is 22.8 Å². The molecule has 0 amide bonds. The molecule has 1 aliphatic heterocycles. The molecule has 13 rings (SSSR count). The predicted octanol–water partition coefficient (Wildman–Crippen LogP) is 9.85. The van der Waals surface area contributed by atoms with Gasteiger partial charge in [-0.3, -0.25) is 0 Å². The topological polar surface area (TPSA) is 63.2 Å². The molecule has 4 nitrogen and oxygen atoms in total. The van der Waals surface area contributed by atoms with Crippen LogP contribution < -0.4 is 21.4 Å². The zero-order valence-corrected chi connectivity index (χ0v) is 30.2. The van der Waals surface area contributed by atoms with Crippen molar-refractivity contribution in [1.29, 1.82) is 0 Å². The maximum atomic E-state index is 3.95. The zero-order valence-electron chi connectivity index (χ0n) is 30.2. The molecule has 0 spiro atoms. The molecule has 1 aliphatic rings. The van der Waals surface area contributed by atoms with Crippen LogP contribution in [0, 0.1) is 0 Å². The normalized spacial score (nSPS) is 12.9. The van der Waals surface area contributed by atoms with Gasteiger partial charge in [0.1, 0.15) is 0 Å². The van der Waals surface area contributed by atoms with Crippen molar-refractivity contribution in [2.24, 2.45) is 0 Å². The number of hydrogen-bond acceptors (Lipinski definition) is 0. The van der Waals surface area contributed by atoms with Crippen molar-refractivity contribution in [1.82, 2.24) is 19.9 Å². The molecule has 4 heteroatoms. The van der Waals surface area contributed by atoms with Crippen LogP contribution in [0.5, 0.6) is 0 Å². The molecule has 0 unspecified atom stereocenters. The van der Waals surface area contributed by atoms with E-state index >= 15 is 0 Å². The molecule has 0 aliphatic carbocycles. The summed E-state index contributed by atoms with van der Waals surface area (Å²) in [6.45, 7) is 0. The van der Waals surface area contributed by atoms with Crippen molar-refractivity contribution >= 4 is 110 Å². The highest BCUT2D eigenvalue weighted by molar-refractivity contribution is 6.17. The average molecular weight is 713 g/mol. The molecule has 0 atom stereocenters. The lowest BCUT2D eigenvalue weighted by atomic mass is 10.0. The number of aromatic amines is 4. The van der Waals surface area contributed by atoms with E-state index < -0.39 is 0 Å². The molecule has 4 N–H and O–H groups in total. The largest absolute Gasteiger partial charge is 0.354 e. The van der Waals surface area contributed by atoms with Crippen LogP contribution in [0.15, 0.2) is 146 Å². The summed E-state index contributed by atoms with van der Waals surface area (Å²) in [5, 5.41) is 23.7. The Morgan fingerprint density at radius 2 is 0.536 bits per heavy atom. The van der Waals surface area contributed by atoms with E-state index in [1.54, 1.807) is 0 Å². The van der Waals surface area contributed by atoms with Crippen molar-refractivity contribution in [3.8, 4) is 0 Å². The minimum Gasteiger partial charge on any atom is -0.354 e. The number of aromatic nitrogens is 4. The summed E-state index contributed by atoms with van der Waals surface area (Å²) >= 11 is 0. The van der Waals surface area contributed by atoms with Gasteiger partial charge >= 0.3 is 0 Å². The van der Waals surface area contributed by atoms with Gasteiger partial charge in [0, 0.05) is 87.3 Å². The standard InChI is InChI=1S/C52H32N4/c1-5-13-33-29(9-1)17-21-37-41-26-46-51-35-15-7-3-11-31(35)19-23-39(51)43(55-46)28-48-52-36-16-8-4-12-32(36)20-24-40(52)44(56-48)27-47-50-34-14-6-2-10-30(34)18-22-38(50)42(54-47)25-45(53-41)49(33)37/h1-28,53-56H. The summed E-state index contributed by atoms with van der Waals surface area (Å²) in [4.78, 5) is 15.8. The van der Waals surface area contributed by atoms with E-state index in [0.29, 0.717) is 0 Å². The minimum absolute atomic E-state index is 1.07. The van der Waals surface area contributed by atoms with Crippen LogP contribution >= 0.6 is 0 Å². The maximum Gasteiger partial charge on any atom is 0.0492 e. The van der Waals surface area contributed by atoms with Crippen LogP contribution in [-0.2, 0) is 0 Å². The molecule has 12 aromatic rings. The lowest BCUT2D eigenvalue weighted by molar-refractivity contribution is 1.25. The molecule has 0 saturated heterocycles. The first-order valence-corrected chi connectivity index (χ1v) is 19.3. The molecule has 0 radical (unpaired) electrons. The second-order valence-electron chi connectivity index (χ2n) is 15.2. The van der Waals surface area contributed by atoms with Crippen LogP contribution in [0.4, 0.5) is 0 Å². The number of rotatable bonds is 0. The first kappa shape index (κ1) is 29.8. The summed E-state index contributed by atoms with van der Waals surface area (Å²) in [6, 6.07) is 53.0. The Balaban J connectivity index is 1.28. The molecule has 8 aromatic carbocycles.